The van der Waals surface area contributed by atoms with E-state index in [-0.39, 0.29) is 11.3 Å². The van der Waals surface area contributed by atoms with Crippen molar-refractivity contribution in [1.82, 2.24) is 9.78 Å². The molecule has 10 nitrogen and oxygen atoms in total. The minimum atomic E-state index is -1.34. The molecule has 10 heteroatoms. The van der Waals surface area contributed by atoms with Gasteiger partial charge in [-0.1, -0.05) is 0 Å². The van der Waals surface area contributed by atoms with E-state index in [1.165, 1.54) is 0 Å². The number of nitroso groups, excluding NO2 is 1. The van der Waals surface area contributed by atoms with Crippen LogP contribution in [0.1, 0.15) is 20.8 Å². The van der Waals surface area contributed by atoms with E-state index in [4.69, 9.17) is 10.4 Å². The van der Waals surface area contributed by atoms with E-state index in [0.717, 1.165) is 30.5 Å². The zero-order valence-electron chi connectivity index (χ0n) is 11.7. The highest BCUT2D eigenvalue weighted by Crippen LogP contribution is 2.37. The van der Waals surface area contributed by atoms with Crippen molar-refractivity contribution in [1.29, 1.82) is 5.26 Å². The summed E-state index contributed by atoms with van der Waals surface area (Å²) in [4.78, 5) is 33.5. The van der Waals surface area contributed by atoms with Crippen LogP contribution in [-0.2, 0) is 0 Å². The van der Waals surface area contributed by atoms with Gasteiger partial charge in [0.1, 0.15) is 11.6 Å². The van der Waals surface area contributed by atoms with Gasteiger partial charge in [-0.15, -0.1) is 4.91 Å². The van der Waals surface area contributed by atoms with Gasteiger partial charge in [0.05, 0.1) is 0 Å². The van der Waals surface area contributed by atoms with Crippen molar-refractivity contribution in [2.45, 2.75) is 0 Å². The fraction of sp³-hybridized carbons (Fsp3) is 0. The van der Waals surface area contributed by atoms with Crippen LogP contribution in [0.25, 0.3) is 6.08 Å². The Labute approximate surface area is 133 Å². The van der Waals surface area contributed by atoms with Crippen LogP contribution in [0.3, 0.4) is 0 Å². The van der Waals surface area contributed by atoms with Crippen LogP contribution in [0.2, 0.25) is 0 Å². The topological polar surface area (TPSA) is 166 Å². The summed E-state index contributed by atoms with van der Waals surface area (Å²) in [6.07, 6.45) is 2.10. The zero-order valence-corrected chi connectivity index (χ0v) is 11.7. The number of carboxylic acids is 1. The standard InChI is InChI=1S/C14H8N4O6/c15-6-8(13(21)18-2-1-9(16-18)14(22)23)3-7-4-10(17-24)12(20)11(19)5-7/h1-5,19-20H,(H,22,23)/b8-3+. The number of hydrogen-bond donors (Lipinski definition) is 3. The molecule has 3 N–H and O–H groups in total. The molecule has 0 atom stereocenters. The van der Waals surface area contributed by atoms with Crippen molar-refractivity contribution in [3.05, 3.63) is 46.1 Å². The number of carboxylic acid groups (broad SMARTS) is 1. The average molecular weight is 328 g/mol. The van der Waals surface area contributed by atoms with E-state index in [2.05, 4.69) is 10.3 Å². The second-order valence-electron chi connectivity index (χ2n) is 4.42. The van der Waals surface area contributed by atoms with Crippen molar-refractivity contribution >= 4 is 23.6 Å². The molecule has 1 aromatic heterocycles. The molecular weight excluding hydrogens is 320 g/mol. The van der Waals surface area contributed by atoms with Crippen molar-refractivity contribution < 1.29 is 24.9 Å². The van der Waals surface area contributed by atoms with Gasteiger partial charge in [-0.3, -0.25) is 4.79 Å². The molecule has 2 rings (SSSR count). The number of allylic oxidation sites excluding steroid dienone is 1. The first-order chi connectivity index (χ1) is 11.4. The zero-order chi connectivity index (χ0) is 17.9. The molecule has 0 aliphatic carbocycles. The number of phenols is 2. The molecule has 1 heterocycles. The number of nitriles is 1. The van der Waals surface area contributed by atoms with Crippen LogP contribution in [0, 0.1) is 16.2 Å². The van der Waals surface area contributed by atoms with Gasteiger partial charge in [-0.2, -0.15) is 10.4 Å². The van der Waals surface area contributed by atoms with E-state index < -0.39 is 34.6 Å². The Morgan fingerprint density at radius 3 is 2.58 bits per heavy atom. The second kappa shape index (κ2) is 6.41. The van der Waals surface area contributed by atoms with Gasteiger partial charge in [-0.05, 0) is 35.0 Å². The average Bonchev–Trinajstić information content (AvgIpc) is 3.05. The van der Waals surface area contributed by atoms with Gasteiger partial charge in [0.15, 0.2) is 22.9 Å². The molecule has 0 aliphatic rings. The van der Waals surface area contributed by atoms with Gasteiger partial charge in [0.25, 0.3) is 5.91 Å². The smallest absolute Gasteiger partial charge is 0.356 e. The summed E-state index contributed by atoms with van der Waals surface area (Å²) in [5.74, 6) is -3.65. The first-order valence-electron chi connectivity index (χ1n) is 6.22. The van der Waals surface area contributed by atoms with Gasteiger partial charge in [-0.25, -0.2) is 9.48 Å². The Morgan fingerprint density at radius 1 is 1.33 bits per heavy atom. The summed E-state index contributed by atoms with van der Waals surface area (Å²) >= 11 is 0. The van der Waals surface area contributed by atoms with E-state index >= 15 is 0 Å². The lowest BCUT2D eigenvalue weighted by molar-refractivity contribution is 0.0689. The summed E-state index contributed by atoms with van der Waals surface area (Å²) in [5, 5.41) is 42.8. The van der Waals surface area contributed by atoms with E-state index in [1.807, 2.05) is 0 Å². The highest BCUT2D eigenvalue weighted by molar-refractivity contribution is 6.03. The minimum Gasteiger partial charge on any atom is -0.504 e. The summed E-state index contributed by atoms with van der Waals surface area (Å²) < 4.78 is 0.664. The summed E-state index contributed by atoms with van der Waals surface area (Å²) in [5.41, 5.74) is -1.25. The molecule has 120 valence electrons. The highest BCUT2D eigenvalue weighted by Gasteiger charge is 2.17. The van der Waals surface area contributed by atoms with E-state index in [9.17, 15) is 24.7 Å². The van der Waals surface area contributed by atoms with Crippen molar-refractivity contribution in [3.63, 3.8) is 0 Å². The maximum atomic E-state index is 12.1. The summed E-state index contributed by atoms with van der Waals surface area (Å²) in [6.45, 7) is 0. The number of hydrogen-bond acceptors (Lipinski definition) is 8. The van der Waals surface area contributed by atoms with Gasteiger partial charge >= 0.3 is 5.97 Å². The first-order valence-corrected chi connectivity index (χ1v) is 6.22. The monoisotopic (exact) mass is 328 g/mol. The number of aromatic carboxylic acids is 1. The maximum absolute atomic E-state index is 12.1. The number of phenolic OH excluding ortho intramolecular Hbond substituents is 2. The van der Waals surface area contributed by atoms with Crippen LogP contribution in [-0.4, -0.2) is 37.0 Å². The third kappa shape index (κ3) is 3.09. The van der Waals surface area contributed by atoms with Crippen LogP contribution in [0.4, 0.5) is 5.69 Å². The predicted molar refractivity (Wildman–Crippen MR) is 78.6 cm³/mol. The van der Waals surface area contributed by atoms with Gasteiger partial charge in [0, 0.05) is 6.20 Å². The highest BCUT2D eigenvalue weighted by atomic mass is 16.4. The molecule has 0 saturated carbocycles. The molecule has 1 aromatic carbocycles. The molecule has 0 bridgehead atoms. The fourth-order valence-corrected chi connectivity index (χ4v) is 1.76. The Bertz CT molecular complexity index is 922. The number of carbonyl (C=O) groups is 2. The SMILES string of the molecule is N#C/C(=C\c1cc(O)c(O)c(N=O)c1)C(=O)n1ccc(C(=O)O)n1. The summed E-state index contributed by atoms with van der Waals surface area (Å²) in [7, 11) is 0. The number of aromatic hydroxyl groups is 2. The lowest BCUT2D eigenvalue weighted by Gasteiger charge is -2.03. The number of rotatable bonds is 4. The molecule has 0 spiro atoms. The maximum Gasteiger partial charge on any atom is 0.356 e. The van der Waals surface area contributed by atoms with Gasteiger partial charge in [0.2, 0.25) is 0 Å². The molecule has 0 fully saturated rings. The second-order valence-corrected chi connectivity index (χ2v) is 4.42. The molecule has 24 heavy (non-hydrogen) atoms. The third-order valence-corrected chi connectivity index (χ3v) is 2.87. The largest absolute Gasteiger partial charge is 0.504 e. The normalized spacial score (nSPS) is 10.9. The van der Waals surface area contributed by atoms with E-state index in [0.29, 0.717) is 4.68 Å². The first kappa shape index (κ1) is 16.4. The van der Waals surface area contributed by atoms with Gasteiger partial charge < -0.3 is 15.3 Å². The Kier molecular flexibility index (Phi) is 4.37. The Balaban J connectivity index is 2.44. The van der Waals surface area contributed by atoms with Crippen LogP contribution >= 0.6 is 0 Å². The number of aromatic nitrogens is 2. The Morgan fingerprint density at radius 2 is 2.04 bits per heavy atom. The van der Waals surface area contributed by atoms with Crippen LogP contribution in [0.5, 0.6) is 11.5 Å². The van der Waals surface area contributed by atoms with Crippen LogP contribution in [0.15, 0.2) is 35.1 Å². The number of nitrogens with zero attached hydrogens (tertiary/aromatic N) is 4. The molecular formula is C14H8N4O6. The fourth-order valence-electron chi connectivity index (χ4n) is 1.76. The number of benzene rings is 1. The van der Waals surface area contributed by atoms with Crippen molar-refractivity contribution in [2.24, 2.45) is 5.18 Å². The number of carbonyl (C=O) groups excluding carboxylic acids is 1. The third-order valence-electron chi connectivity index (χ3n) is 2.87. The van der Waals surface area contributed by atoms with Crippen molar-refractivity contribution in [3.8, 4) is 17.6 Å². The Hall–Kier alpha value is -4.00. The molecule has 0 radical (unpaired) electrons. The predicted octanol–water partition coefficient (Wildman–Crippen LogP) is 1.64. The molecule has 0 unspecified atom stereocenters. The van der Waals surface area contributed by atoms with Crippen LogP contribution < -0.4 is 0 Å². The van der Waals surface area contributed by atoms with E-state index in [1.54, 1.807) is 6.07 Å². The minimum absolute atomic E-state index is 0.0513. The van der Waals surface area contributed by atoms with Crippen molar-refractivity contribution in [2.75, 3.05) is 0 Å². The molecule has 0 amide bonds. The lowest BCUT2D eigenvalue weighted by atomic mass is 10.1. The molecule has 0 saturated heterocycles. The lowest BCUT2D eigenvalue weighted by Crippen LogP contribution is -2.14. The molecule has 2 aromatic rings. The quantitative estimate of drug-likeness (QED) is 0.329. The molecule has 0 aliphatic heterocycles. The summed E-state index contributed by atoms with van der Waals surface area (Å²) in [6, 6.07) is 4.76.